The highest BCUT2D eigenvalue weighted by Gasteiger charge is 2.16. The summed E-state index contributed by atoms with van der Waals surface area (Å²) in [5.41, 5.74) is 1.10. The van der Waals surface area contributed by atoms with Crippen molar-refractivity contribution in [2.24, 2.45) is 0 Å². The minimum Gasteiger partial charge on any atom is -0.387 e. The largest absolute Gasteiger partial charge is 0.387 e. The molecular weight excluding hydrogens is 289 g/mol. The minimum atomic E-state index is -0.582. The van der Waals surface area contributed by atoms with Crippen molar-refractivity contribution < 1.29 is 14.1 Å². The molecule has 0 saturated heterocycles. The maximum absolute atomic E-state index is 13.5. The normalized spacial score (nSPS) is 10.1. The van der Waals surface area contributed by atoms with Gasteiger partial charge in [0, 0.05) is 30.6 Å². The second kappa shape index (κ2) is 6.21. The van der Waals surface area contributed by atoms with Crippen molar-refractivity contribution in [3.8, 4) is 0 Å². The number of amides is 1. The Labute approximate surface area is 126 Å². The van der Waals surface area contributed by atoms with E-state index in [4.69, 9.17) is 0 Å². The van der Waals surface area contributed by atoms with Gasteiger partial charge in [-0.2, -0.15) is 0 Å². The first kappa shape index (κ1) is 15.4. The number of hydrogen-bond donors (Lipinski definition) is 2. The molecule has 0 aliphatic carbocycles. The predicted octanol–water partition coefficient (Wildman–Crippen LogP) is 3.34. The van der Waals surface area contributed by atoms with E-state index in [1.165, 1.54) is 30.3 Å². The number of aryl methyl sites for hydroxylation is 1. The Bertz CT molecular complexity index is 747. The minimum absolute atomic E-state index is 0.109. The van der Waals surface area contributed by atoms with E-state index in [1.807, 2.05) is 0 Å². The van der Waals surface area contributed by atoms with Gasteiger partial charge in [-0.15, -0.1) is 0 Å². The quantitative estimate of drug-likeness (QED) is 0.670. The summed E-state index contributed by atoms with van der Waals surface area (Å²) in [5, 5.41) is 16.1. The zero-order chi connectivity index (χ0) is 16.3. The summed E-state index contributed by atoms with van der Waals surface area (Å²) in [6, 6.07) is 8.22. The zero-order valence-electron chi connectivity index (χ0n) is 12.0. The number of carbonyl (C=O) groups is 1. The third-order valence-corrected chi connectivity index (χ3v) is 3.16. The first-order chi connectivity index (χ1) is 10.4. The number of non-ortho nitro benzene ring substituents is 1. The highest BCUT2D eigenvalue weighted by molar-refractivity contribution is 6.08. The average Bonchev–Trinajstić information content (AvgIpc) is 2.50. The van der Waals surface area contributed by atoms with Gasteiger partial charge in [-0.25, -0.2) is 4.39 Å². The molecule has 2 rings (SSSR count). The van der Waals surface area contributed by atoms with Crippen molar-refractivity contribution in [1.29, 1.82) is 0 Å². The highest BCUT2D eigenvalue weighted by Crippen LogP contribution is 2.23. The number of anilines is 2. The Morgan fingerprint density at radius 1 is 1.23 bits per heavy atom. The van der Waals surface area contributed by atoms with Gasteiger partial charge < -0.3 is 10.6 Å². The number of rotatable bonds is 4. The fraction of sp³-hybridized carbons (Fsp3) is 0.133. The molecule has 1 amide bonds. The van der Waals surface area contributed by atoms with Gasteiger partial charge >= 0.3 is 0 Å². The summed E-state index contributed by atoms with van der Waals surface area (Å²) in [6.07, 6.45) is 0. The number of benzene rings is 2. The smallest absolute Gasteiger partial charge is 0.270 e. The lowest BCUT2D eigenvalue weighted by Gasteiger charge is -2.10. The van der Waals surface area contributed by atoms with Crippen LogP contribution in [0.15, 0.2) is 36.4 Å². The molecule has 0 bridgehead atoms. The van der Waals surface area contributed by atoms with Crippen LogP contribution >= 0.6 is 0 Å². The number of hydrogen-bond acceptors (Lipinski definition) is 4. The second-order valence-corrected chi connectivity index (χ2v) is 4.66. The number of nitro groups is 1. The van der Waals surface area contributed by atoms with Crippen LogP contribution < -0.4 is 10.6 Å². The van der Waals surface area contributed by atoms with Crippen LogP contribution in [0.5, 0.6) is 0 Å². The molecule has 0 aromatic heterocycles. The Morgan fingerprint density at radius 2 is 1.95 bits per heavy atom. The van der Waals surface area contributed by atoms with E-state index in [0.29, 0.717) is 11.3 Å². The summed E-state index contributed by atoms with van der Waals surface area (Å²) in [4.78, 5) is 22.5. The first-order valence-electron chi connectivity index (χ1n) is 6.46. The van der Waals surface area contributed by atoms with E-state index >= 15 is 0 Å². The molecule has 0 aliphatic rings. The van der Waals surface area contributed by atoms with Crippen LogP contribution in [0.2, 0.25) is 0 Å². The van der Waals surface area contributed by atoms with Crippen LogP contribution in [-0.4, -0.2) is 17.9 Å². The Kier molecular flexibility index (Phi) is 4.36. The van der Waals surface area contributed by atoms with Gasteiger partial charge in [0.1, 0.15) is 5.82 Å². The number of nitrogens with zero attached hydrogens (tertiary/aromatic N) is 1. The molecule has 114 valence electrons. The molecular formula is C15H14FN3O3. The van der Waals surface area contributed by atoms with Crippen molar-refractivity contribution in [2.75, 3.05) is 17.7 Å². The SMILES string of the molecule is CNc1ccc([N+](=O)[O-])cc1C(=O)Nc1ccc(C)c(F)c1. The molecule has 0 fully saturated rings. The molecule has 0 unspecified atom stereocenters. The van der Waals surface area contributed by atoms with Crippen LogP contribution in [-0.2, 0) is 0 Å². The molecule has 0 aliphatic heterocycles. The van der Waals surface area contributed by atoms with Crippen molar-refractivity contribution in [3.05, 3.63) is 63.5 Å². The fourth-order valence-corrected chi connectivity index (χ4v) is 1.92. The molecule has 0 spiro atoms. The third kappa shape index (κ3) is 3.20. The molecule has 2 aromatic carbocycles. The Hall–Kier alpha value is -2.96. The lowest BCUT2D eigenvalue weighted by Crippen LogP contribution is -2.14. The number of halogens is 1. The molecule has 22 heavy (non-hydrogen) atoms. The van der Waals surface area contributed by atoms with Crippen LogP contribution in [0.25, 0.3) is 0 Å². The lowest BCUT2D eigenvalue weighted by molar-refractivity contribution is -0.384. The Balaban J connectivity index is 2.33. The van der Waals surface area contributed by atoms with Crippen molar-refractivity contribution in [2.45, 2.75) is 6.92 Å². The van der Waals surface area contributed by atoms with Gasteiger partial charge in [-0.3, -0.25) is 14.9 Å². The number of nitro benzene ring substituents is 1. The zero-order valence-corrected chi connectivity index (χ0v) is 12.0. The average molecular weight is 303 g/mol. The summed E-state index contributed by atoms with van der Waals surface area (Å²) < 4.78 is 13.5. The van der Waals surface area contributed by atoms with Crippen LogP contribution in [0, 0.1) is 22.9 Å². The third-order valence-electron chi connectivity index (χ3n) is 3.16. The second-order valence-electron chi connectivity index (χ2n) is 4.66. The van der Waals surface area contributed by atoms with Crippen LogP contribution in [0.4, 0.5) is 21.5 Å². The van der Waals surface area contributed by atoms with Crippen LogP contribution in [0.1, 0.15) is 15.9 Å². The summed E-state index contributed by atoms with van der Waals surface area (Å²) in [5.74, 6) is -0.998. The molecule has 2 N–H and O–H groups in total. The maximum Gasteiger partial charge on any atom is 0.270 e. The molecule has 0 heterocycles. The molecule has 6 nitrogen and oxygen atoms in total. The van der Waals surface area contributed by atoms with Gasteiger partial charge in [-0.1, -0.05) is 6.07 Å². The van der Waals surface area contributed by atoms with Gasteiger partial charge in [0.2, 0.25) is 0 Å². The predicted molar refractivity (Wildman–Crippen MR) is 81.7 cm³/mol. The van der Waals surface area contributed by atoms with E-state index in [-0.39, 0.29) is 16.9 Å². The Morgan fingerprint density at radius 3 is 2.55 bits per heavy atom. The molecule has 2 aromatic rings. The van der Waals surface area contributed by atoms with E-state index < -0.39 is 16.6 Å². The topological polar surface area (TPSA) is 84.3 Å². The first-order valence-corrected chi connectivity index (χ1v) is 6.46. The lowest BCUT2D eigenvalue weighted by atomic mass is 10.1. The summed E-state index contributed by atoms with van der Waals surface area (Å²) in [7, 11) is 1.60. The van der Waals surface area contributed by atoms with E-state index in [9.17, 15) is 19.3 Å². The molecule has 0 radical (unpaired) electrons. The standard InChI is InChI=1S/C15H14FN3O3/c1-9-3-4-10(7-13(9)16)18-15(20)12-8-11(19(21)22)5-6-14(12)17-2/h3-8,17H,1-2H3,(H,18,20). The van der Waals surface area contributed by atoms with Crippen molar-refractivity contribution >= 4 is 23.0 Å². The maximum atomic E-state index is 13.5. The number of carbonyl (C=O) groups excluding carboxylic acids is 1. The number of nitrogens with one attached hydrogen (secondary N) is 2. The monoisotopic (exact) mass is 303 g/mol. The molecule has 0 saturated carbocycles. The van der Waals surface area contributed by atoms with Gasteiger partial charge in [0.15, 0.2) is 0 Å². The van der Waals surface area contributed by atoms with Gasteiger partial charge in [0.05, 0.1) is 10.5 Å². The van der Waals surface area contributed by atoms with Gasteiger partial charge in [-0.05, 0) is 30.7 Å². The van der Waals surface area contributed by atoms with Crippen molar-refractivity contribution in [1.82, 2.24) is 0 Å². The molecule has 0 atom stereocenters. The highest BCUT2D eigenvalue weighted by atomic mass is 19.1. The summed E-state index contributed by atoms with van der Waals surface area (Å²) in [6.45, 7) is 1.61. The van der Waals surface area contributed by atoms with Crippen LogP contribution in [0.3, 0.4) is 0 Å². The van der Waals surface area contributed by atoms with E-state index in [1.54, 1.807) is 20.0 Å². The van der Waals surface area contributed by atoms with E-state index in [0.717, 1.165) is 0 Å². The fourth-order valence-electron chi connectivity index (χ4n) is 1.92. The molecule has 7 heteroatoms. The van der Waals surface area contributed by atoms with Gasteiger partial charge in [0.25, 0.3) is 11.6 Å². The summed E-state index contributed by atoms with van der Waals surface area (Å²) >= 11 is 0. The van der Waals surface area contributed by atoms with E-state index in [2.05, 4.69) is 10.6 Å². The van der Waals surface area contributed by atoms with Crippen molar-refractivity contribution in [3.63, 3.8) is 0 Å².